The molecule has 0 saturated heterocycles. The molecule has 0 spiro atoms. The number of carbonyl (C=O) groups is 6. The third kappa shape index (κ3) is 15.6. The van der Waals surface area contributed by atoms with Crippen molar-refractivity contribution in [3.8, 4) is 0 Å². The molecule has 1 aromatic rings. The topological polar surface area (TPSA) is 224 Å². The summed E-state index contributed by atoms with van der Waals surface area (Å²) < 4.78 is 15.8. The molecule has 0 radical (unpaired) electrons. The summed E-state index contributed by atoms with van der Waals surface area (Å²) in [5, 5.41) is 22.0. The number of anilines is 1. The van der Waals surface area contributed by atoms with Crippen LogP contribution in [0.2, 0.25) is 0 Å². The van der Waals surface area contributed by atoms with E-state index in [9.17, 15) is 33.9 Å². The van der Waals surface area contributed by atoms with E-state index in [0.717, 1.165) is 5.56 Å². The average molecular weight is 746 g/mol. The predicted molar refractivity (Wildman–Crippen MR) is 199 cm³/mol. The molecule has 1 fully saturated rings. The van der Waals surface area contributed by atoms with Crippen molar-refractivity contribution in [2.75, 3.05) is 38.2 Å². The van der Waals surface area contributed by atoms with Crippen molar-refractivity contribution in [1.29, 1.82) is 0 Å². The summed E-state index contributed by atoms with van der Waals surface area (Å²) >= 11 is 0. The number of aliphatic hydroxyl groups excluding tert-OH is 1. The molecular formula is C38H59N5O10. The van der Waals surface area contributed by atoms with E-state index in [-0.39, 0.29) is 57.0 Å². The maximum Gasteiger partial charge on any atom is 0.330 e. The van der Waals surface area contributed by atoms with Crippen LogP contribution in [0.4, 0.5) is 10.5 Å². The summed E-state index contributed by atoms with van der Waals surface area (Å²) in [6, 6.07) is 3.70. The largest absolute Gasteiger partial charge is 0.465 e. The molecule has 15 nitrogen and oxygen atoms in total. The Balaban J connectivity index is 2.14. The second kappa shape index (κ2) is 22.5. The summed E-state index contributed by atoms with van der Waals surface area (Å²) in [4.78, 5) is 75.1. The summed E-state index contributed by atoms with van der Waals surface area (Å²) in [5.41, 5.74) is 5.53. The van der Waals surface area contributed by atoms with E-state index in [2.05, 4.69) is 21.3 Å². The highest BCUT2D eigenvalue weighted by molar-refractivity contribution is 6.03. The lowest BCUT2D eigenvalue weighted by Gasteiger charge is -2.39. The Labute approximate surface area is 312 Å². The number of nitrogens with one attached hydrogen (secondary N) is 4. The normalized spacial score (nSPS) is 15.2. The highest BCUT2D eigenvalue weighted by atomic mass is 16.5. The number of hydrogen-bond donors (Lipinski definition) is 6. The average Bonchev–Trinajstić information content (AvgIpc) is 3.06. The van der Waals surface area contributed by atoms with Crippen LogP contribution in [0.3, 0.4) is 0 Å². The molecule has 296 valence electrons. The lowest BCUT2D eigenvalue weighted by atomic mass is 9.68. The Morgan fingerprint density at radius 2 is 1.64 bits per heavy atom. The number of esters is 3. The van der Waals surface area contributed by atoms with Gasteiger partial charge in [-0.25, -0.2) is 9.59 Å². The van der Waals surface area contributed by atoms with Gasteiger partial charge < -0.3 is 41.0 Å². The van der Waals surface area contributed by atoms with Gasteiger partial charge >= 0.3 is 23.9 Å². The van der Waals surface area contributed by atoms with Gasteiger partial charge in [-0.1, -0.05) is 53.2 Å². The van der Waals surface area contributed by atoms with Crippen LogP contribution in [0.5, 0.6) is 0 Å². The summed E-state index contributed by atoms with van der Waals surface area (Å²) in [5.74, 6) is -2.50. The zero-order valence-electron chi connectivity index (χ0n) is 32.0. The van der Waals surface area contributed by atoms with E-state index in [1.165, 1.54) is 12.2 Å². The maximum atomic E-state index is 13.3. The van der Waals surface area contributed by atoms with Crippen LogP contribution >= 0.6 is 0 Å². The van der Waals surface area contributed by atoms with Gasteiger partial charge in [-0.15, -0.1) is 0 Å². The van der Waals surface area contributed by atoms with Crippen LogP contribution in [0.1, 0.15) is 91.2 Å². The Bertz CT molecular complexity index is 1430. The van der Waals surface area contributed by atoms with E-state index in [4.69, 9.17) is 19.9 Å². The minimum atomic E-state index is -1.32. The van der Waals surface area contributed by atoms with Crippen LogP contribution in [-0.2, 0) is 44.6 Å². The van der Waals surface area contributed by atoms with Crippen molar-refractivity contribution in [1.82, 2.24) is 16.0 Å². The SMILES string of the molecule is CCOC(=O)C1(C(=O)N[C@@H](CCCNC(N)=O)C(O)NCCC(=O)Nc2cc(CC(C)C(=O)OCC(C)C)ccc2/C=C/C(=O)OCC(C)C)CCC1. The van der Waals surface area contributed by atoms with Crippen molar-refractivity contribution in [3.63, 3.8) is 0 Å². The third-order valence-corrected chi connectivity index (χ3v) is 8.56. The fourth-order valence-electron chi connectivity index (χ4n) is 5.43. The number of rotatable bonds is 23. The zero-order chi connectivity index (χ0) is 39.6. The lowest BCUT2D eigenvalue weighted by Crippen LogP contribution is -2.58. The molecule has 0 aliphatic heterocycles. The van der Waals surface area contributed by atoms with E-state index in [0.29, 0.717) is 50.0 Å². The van der Waals surface area contributed by atoms with Crippen LogP contribution in [-0.4, -0.2) is 86.0 Å². The number of primary amides is 1. The summed E-state index contributed by atoms with van der Waals surface area (Å²) in [7, 11) is 0. The third-order valence-electron chi connectivity index (χ3n) is 8.56. The molecule has 1 saturated carbocycles. The molecule has 0 heterocycles. The van der Waals surface area contributed by atoms with Crippen molar-refractivity contribution < 1.29 is 48.1 Å². The number of hydrogen-bond acceptors (Lipinski definition) is 11. The first-order chi connectivity index (χ1) is 25.1. The number of nitrogens with two attached hydrogens (primary N) is 1. The Kier molecular flexibility index (Phi) is 19.0. The van der Waals surface area contributed by atoms with E-state index >= 15 is 0 Å². The molecule has 3 atom stereocenters. The van der Waals surface area contributed by atoms with Crippen LogP contribution in [0.25, 0.3) is 6.08 Å². The number of aliphatic hydroxyl groups is 1. The monoisotopic (exact) mass is 745 g/mol. The van der Waals surface area contributed by atoms with E-state index in [1.807, 2.05) is 33.8 Å². The number of benzene rings is 1. The van der Waals surface area contributed by atoms with E-state index in [1.54, 1.807) is 26.0 Å². The van der Waals surface area contributed by atoms with Gasteiger partial charge in [0.25, 0.3) is 0 Å². The zero-order valence-corrected chi connectivity index (χ0v) is 32.0. The standard InChI is InChI=1S/C38H59N5O10/c1-7-51-36(49)38(16-9-17-38)35(48)43-29(10-8-18-41-37(39)50)33(46)40-19-15-31(44)42-30-21-27(20-26(6)34(47)53-23-25(4)5)11-12-28(30)13-14-32(45)52-22-24(2)3/h11-14,21,24-26,29,33,40,46H,7-10,15-20,22-23H2,1-6H3,(H,42,44)(H,43,48)(H3,39,41,50)/b14-13+/t26?,29-,33?/m0/s1. The van der Waals surface area contributed by atoms with Gasteiger partial charge in [0.15, 0.2) is 0 Å². The van der Waals surface area contributed by atoms with Gasteiger partial charge in [-0.05, 0) is 74.1 Å². The predicted octanol–water partition coefficient (Wildman–Crippen LogP) is 3.18. The molecule has 0 bridgehead atoms. The highest BCUT2D eigenvalue weighted by Crippen LogP contribution is 2.42. The molecule has 2 unspecified atom stereocenters. The first-order valence-corrected chi connectivity index (χ1v) is 18.4. The van der Waals surface area contributed by atoms with Crippen molar-refractivity contribution in [2.45, 2.75) is 98.8 Å². The van der Waals surface area contributed by atoms with Gasteiger partial charge in [0.1, 0.15) is 11.6 Å². The van der Waals surface area contributed by atoms with Crippen LogP contribution in [0.15, 0.2) is 24.3 Å². The van der Waals surface area contributed by atoms with Gasteiger partial charge in [0.2, 0.25) is 11.8 Å². The molecule has 15 heteroatoms. The van der Waals surface area contributed by atoms with Gasteiger partial charge in [-0.3, -0.25) is 24.5 Å². The Hall–Kier alpha value is -4.50. The second-order valence-electron chi connectivity index (χ2n) is 14.3. The minimum Gasteiger partial charge on any atom is -0.465 e. The smallest absolute Gasteiger partial charge is 0.330 e. The minimum absolute atomic E-state index is 0.00699. The molecule has 2 rings (SSSR count). The molecule has 1 aromatic carbocycles. The number of ether oxygens (including phenoxy) is 3. The van der Waals surface area contributed by atoms with Crippen molar-refractivity contribution >= 4 is 47.5 Å². The Morgan fingerprint density at radius 3 is 2.25 bits per heavy atom. The van der Waals surface area contributed by atoms with Crippen molar-refractivity contribution in [2.24, 2.45) is 28.9 Å². The molecule has 0 aromatic heterocycles. The summed E-state index contributed by atoms with van der Waals surface area (Å²) in [6.07, 6.45) is 3.68. The maximum absolute atomic E-state index is 13.3. The van der Waals surface area contributed by atoms with Gasteiger partial charge in [0, 0.05) is 31.3 Å². The molecule has 53 heavy (non-hydrogen) atoms. The molecule has 4 amide bonds. The van der Waals surface area contributed by atoms with Crippen molar-refractivity contribution in [3.05, 3.63) is 35.4 Å². The first kappa shape index (κ1) is 44.7. The van der Waals surface area contributed by atoms with E-state index < -0.39 is 53.4 Å². The second-order valence-corrected chi connectivity index (χ2v) is 14.3. The number of amides is 4. The highest BCUT2D eigenvalue weighted by Gasteiger charge is 2.52. The molecule has 1 aliphatic rings. The molecule has 1 aliphatic carbocycles. The molecular weight excluding hydrogens is 686 g/mol. The van der Waals surface area contributed by atoms with Crippen LogP contribution in [0, 0.1) is 23.2 Å². The molecule has 7 N–H and O–H groups in total. The summed E-state index contributed by atoms with van der Waals surface area (Å²) in [6.45, 7) is 12.1. The van der Waals surface area contributed by atoms with Crippen LogP contribution < -0.4 is 27.0 Å². The Morgan fingerprint density at radius 1 is 0.962 bits per heavy atom. The van der Waals surface area contributed by atoms with Gasteiger partial charge in [-0.2, -0.15) is 0 Å². The number of carbonyl (C=O) groups excluding carboxylic acids is 6. The fraction of sp³-hybridized carbons (Fsp3) is 0.632. The van der Waals surface area contributed by atoms with Gasteiger partial charge in [0.05, 0.1) is 31.8 Å². The fourth-order valence-corrected chi connectivity index (χ4v) is 5.43. The lowest BCUT2D eigenvalue weighted by molar-refractivity contribution is -0.168. The first-order valence-electron chi connectivity index (χ1n) is 18.4. The quantitative estimate of drug-likeness (QED) is 0.0238. The number of urea groups is 1.